The molecule has 0 aromatic heterocycles. The van der Waals surface area contributed by atoms with Gasteiger partial charge in [-0.25, -0.2) is 16.8 Å². The minimum Gasteiger partial charge on any atom is -0.468 e. The second kappa shape index (κ2) is 19.2. The van der Waals surface area contributed by atoms with E-state index in [0.29, 0.717) is 58.3 Å². The summed E-state index contributed by atoms with van der Waals surface area (Å²) in [6.45, 7) is 6.00. The fourth-order valence-electron chi connectivity index (χ4n) is 5.92. The average Bonchev–Trinajstić information content (AvgIpc) is 3.20. The number of halogens is 2. The topological polar surface area (TPSA) is 192 Å². The Kier molecular flexibility index (Phi) is 14.8. The lowest BCUT2D eigenvalue weighted by Gasteiger charge is -2.31. The molecule has 0 amide bonds. The third kappa shape index (κ3) is 10.7. The number of rotatable bonds is 10. The summed E-state index contributed by atoms with van der Waals surface area (Å²) in [4.78, 5) is 25.3. The van der Waals surface area contributed by atoms with Crippen molar-refractivity contribution in [3.63, 3.8) is 0 Å². The van der Waals surface area contributed by atoms with Crippen molar-refractivity contribution in [1.82, 2.24) is 18.8 Å². The molecular formula is C38H40Cl2N6O9S3. The van der Waals surface area contributed by atoms with E-state index in [-0.39, 0.29) is 39.9 Å². The van der Waals surface area contributed by atoms with E-state index in [0.717, 1.165) is 29.0 Å². The van der Waals surface area contributed by atoms with E-state index >= 15 is 0 Å². The standard InChI is InChI=1S/C19H17Cl2N3O4S2.C19H23N3O5S/c1-28-19(25)15-11-24(7-6-23-15)30(26,27)18-8-12(10-22)2-5-16(18)29-17-9-13(20)3-4-14(17)21;1-14-4-5-15(2)18(12-14)27-17-7-6-16(22(23)24)13-19(17)28(25,26)21-10-8-20(3)9-11-21/h2-5,8-9,15,23H,6-7,11H2,1H3;4-7,12-13H,8-11H2,1-3H3. The zero-order valence-corrected chi connectivity index (χ0v) is 35.8. The molecule has 15 nitrogen and oxygen atoms in total. The van der Waals surface area contributed by atoms with Crippen LogP contribution in [0.1, 0.15) is 16.7 Å². The van der Waals surface area contributed by atoms with Crippen LogP contribution in [0.15, 0.2) is 92.4 Å². The predicted molar refractivity (Wildman–Crippen MR) is 220 cm³/mol. The van der Waals surface area contributed by atoms with Crippen molar-refractivity contribution < 1.29 is 36.0 Å². The normalized spacial score (nSPS) is 16.7. The number of benzene rings is 4. The second-order valence-electron chi connectivity index (χ2n) is 13.3. The molecule has 2 aliphatic rings. The number of non-ortho nitro benzene ring substituents is 1. The van der Waals surface area contributed by atoms with Gasteiger partial charge in [0.25, 0.3) is 5.69 Å². The molecule has 0 bridgehead atoms. The van der Waals surface area contributed by atoms with Crippen LogP contribution in [-0.4, -0.2) is 107 Å². The summed E-state index contributed by atoms with van der Waals surface area (Å²) in [5, 5.41) is 24.3. The van der Waals surface area contributed by atoms with Crippen LogP contribution in [-0.2, 0) is 29.6 Å². The molecule has 6 rings (SSSR count). The van der Waals surface area contributed by atoms with Gasteiger partial charge in [0.1, 0.15) is 22.4 Å². The Bertz CT molecular complexity index is 2460. The number of hydrogen-bond donors (Lipinski definition) is 1. The first kappa shape index (κ1) is 44.8. The molecule has 1 unspecified atom stereocenters. The summed E-state index contributed by atoms with van der Waals surface area (Å²) >= 11 is 13.4. The Morgan fingerprint density at radius 3 is 2.26 bits per heavy atom. The average molecular weight is 892 g/mol. The number of nitriles is 1. The van der Waals surface area contributed by atoms with Crippen molar-refractivity contribution in [2.24, 2.45) is 0 Å². The largest absolute Gasteiger partial charge is 0.468 e. The van der Waals surface area contributed by atoms with E-state index in [4.69, 9.17) is 32.7 Å². The van der Waals surface area contributed by atoms with Gasteiger partial charge >= 0.3 is 5.97 Å². The molecule has 1 N–H and O–H groups in total. The summed E-state index contributed by atoms with van der Waals surface area (Å²) < 4.78 is 66.6. The van der Waals surface area contributed by atoms with Gasteiger partial charge in [-0.05, 0) is 80.6 Å². The number of nitrogens with zero attached hydrogens (tertiary/aromatic N) is 5. The van der Waals surface area contributed by atoms with Gasteiger partial charge in [-0.2, -0.15) is 13.9 Å². The number of hydrogen-bond acceptors (Lipinski definition) is 13. The fourth-order valence-corrected chi connectivity index (χ4v) is 10.8. The van der Waals surface area contributed by atoms with Crippen LogP contribution in [0.3, 0.4) is 0 Å². The number of ether oxygens (including phenoxy) is 2. The third-order valence-corrected chi connectivity index (χ3v) is 15.0. The van der Waals surface area contributed by atoms with E-state index in [2.05, 4.69) is 5.32 Å². The lowest BCUT2D eigenvalue weighted by atomic mass is 10.1. The molecule has 4 aromatic carbocycles. The number of nitro benzene ring substituents is 1. The Balaban J connectivity index is 0.000000221. The molecule has 58 heavy (non-hydrogen) atoms. The number of esters is 1. The fraction of sp³-hybridized carbons (Fsp3) is 0.316. The first-order chi connectivity index (χ1) is 27.4. The molecule has 1 atom stereocenters. The van der Waals surface area contributed by atoms with Crippen LogP contribution < -0.4 is 10.1 Å². The summed E-state index contributed by atoms with van der Waals surface area (Å²) in [5.74, 6) is 0.0582. The minimum atomic E-state index is -4.01. The minimum absolute atomic E-state index is 0.0342. The highest BCUT2D eigenvalue weighted by atomic mass is 35.5. The third-order valence-electron chi connectivity index (χ3n) is 9.21. The molecule has 2 saturated heterocycles. The van der Waals surface area contributed by atoms with Crippen molar-refractivity contribution in [2.45, 2.75) is 39.5 Å². The summed E-state index contributed by atoms with van der Waals surface area (Å²) in [6.07, 6.45) is 0. The maximum absolute atomic E-state index is 13.4. The Hall–Kier alpha value is -4.29. The van der Waals surface area contributed by atoms with Crippen molar-refractivity contribution in [3.05, 3.63) is 110 Å². The van der Waals surface area contributed by atoms with Gasteiger partial charge in [-0.1, -0.05) is 47.1 Å². The molecular weight excluding hydrogens is 852 g/mol. The number of carbonyl (C=O) groups excluding carboxylic acids is 1. The van der Waals surface area contributed by atoms with Crippen molar-refractivity contribution in [2.75, 3.05) is 60.0 Å². The molecule has 0 spiro atoms. The summed E-state index contributed by atoms with van der Waals surface area (Å²) in [7, 11) is -4.77. The van der Waals surface area contributed by atoms with Crippen LogP contribution in [0.25, 0.3) is 0 Å². The number of methoxy groups -OCH3 is 1. The molecule has 2 aliphatic heterocycles. The van der Waals surface area contributed by atoms with E-state index in [1.165, 1.54) is 40.0 Å². The number of carbonyl (C=O) groups is 1. The van der Waals surface area contributed by atoms with E-state index in [1.54, 1.807) is 24.3 Å². The molecule has 4 aromatic rings. The Morgan fingerprint density at radius 2 is 1.59 bits per heavy atom. The van der Waals surface area contributed by atoms with Crippen molar-refractivity contribution >= 4 is 66.7 Å². The Labute approximate surface area is 351 Å². The van der Waals surface area contributed by atoms with Gasteiger partial charge in [-0.3, -0.25) is 14.9 Å². The zero-order valence-electron chi connectivity index (χ0n) is 31.8. The number of likely N-dealkylation sites (N-methyl/N-ethyl adjacent to an activating group) is 1. The lowest BCUT2D eigenvalue weighted by Crippen LogP contribution is -2.55. The van der Waals surface area contributed by atoms with Crippen LogP contribution >= 0.6 is 35.0 Å². The smallest absolute Gasteiger partial charge is 0.324 e. The second-order valence-corrected chi connectivity index (χ2v) is 19.0. The SMILES string of the molecule is COC(=O)C1CN(S(=O)(=O)c2cc(C#N)ccc2Sc2cc(Cl)ccc2Cl)CCN1.Cc1ccc(C)c(Oc2ccc([N+](=O)[O-])cc2S(=O)(=O)N2CCN(C)CC2)c1. The summed E-state index contributed by atoms with van der Waals surface area (Å²) in [5.41, 5.74) is 1.72. The molecule has 0 aliphatic carbocycles. The maximum Gasteiger partial charge on any atom is 0.324 e. The van der Waals surface area contributed by atoms with Gasteiger partial charge in [0.05, 0.1) is 33.6 Å². The van der Waals surface area contributed by atoms with Gasteiger partial charge < -0.3 is 19.7 Å². The van der Waals surface area contributed by atoms with Crippen LogP contribution in [0.2, 0.25) is 10.0 Å². The van der Waals surface area contributed by atoms with Crippen LogP contribution in [0.5, 0.6) is 11.5 Å². The van der Waals surface area contributed by atoms with Gasteiger partial charge in [0.2, 0.25) is 20.0 Å². The van der Waals surface area contributed by atoms with Gasteiger partial charge in [0.15, 0.2) is 0 Å². The highest BCUT2D eigenvalue weighted by Gasteiger charge is 2.36. The first-order valence-electron chi connectivity index (χ1n) is 17.6. The molecule has 2 fully saturated rings. The van der Waals surface area contributed by atoms with Gasteiger partial charge in [0, 0.05) is 72.8 Å². The van der Waals surface area contributed by atoms with E-state index in [1.807, 2.05) is 50.1 Å². The maximum atomic E-state index is 13.4. The highest BCUT2D eigenvalue weighted by Crippen LogP contribution is 2.40. The first-order valence-corrected chi connectivity index (χ1v) is 22.1. The monoisotopic (exact) mass is 890 g/mol. The molecule has 0 radical (unpaired) electrons. The summed E-state index contributed by atoms with van der Waals surface area (Å²) in [6, 6.07) is 19.8. The highest BCUT2D eigenvalue weighted by molar-refractivity contribution is 8.00. The van der Waals surface area contributed by atoms with Gasteiger partial charge in [-0.15, -0.1) is 0 Å². The van der Waals surface area contributed by atoms with Crippen molar-refractivity contribution in [3.8, 4) is 17.6 Å². The molecule has 308 valence electrons. The predicted octanol–water partition coefficient (Wildman–Crippen LogP) is 6.09. The number of sulfonamides is 2. The lowest BCUT2D eigenvalue weighted by molar-refractivity contribution is -0.385. The Morgan fingerprint density at radius 1 is 0.879 bits per heavy atom. The number of piperazine rings is 2. The molecule has 2 heterocycles. The van der Waals surface area contributed by atoms with Crippen molar-refractivity contribution in [1.29, 1.82) is 5.26 Å². The quantitative estimate of drug-likeness (QED) is 0.109. The van der Waals surface area contributed by atoms with E-state index < -0.39 is 37.0 Å². The van der Waals surface area contributed by atoms with E-state index in [9.17, 15) is 37.0 Å². The number of aryl methyl sites for hydroxylation is 2. The van der Waals surface area contributed by atoms with Crippen LogP contribution in [0, 0.1) is 35.3 Å². The number of nitro groups is 1. The number of nitrogens with one attached hydrogen (secondary N) is 1. The zero-order chi connectivity index (χ0) is 42.4. The van der Waals surface area contributed by atoms with Crippen LogP contribution in [0.4, 0.5) is 5.69 Å². The molecule has 0 saturated carbocycles. The molecule has 20 heteroatoms.